The van der Waals surface area contributed by atoms with Crippen molar-refractivity contribution in [2.45, 2.75) is 31.8 Å². The van der Waals surface area contributed by atoms with Crippen molar-refractivity contribution in [2.75, 3.05) is 0 Å². The van der Waals surface area contributed by atoms with E-state index >= 15 is 0 Å². The number of ketones is 1. The fourth-order valence-corrected chi connectivity index (χ4v) is 2.52. The molecule has 1 saturated carbocycles. The first-order chi connectivity index (χ1) is 7.70. The summed E-state index contributed by atoms with van der Waals surface area (Å²) >= 11 is 6.01. The number of Topliss-reactive ketones (excluding diaryl/α,β-unsaturated/α-hetero) is 1. The van der Waals surface area contributed by atoms with Gasteiger partial charge in [-0.3, -0.25) is 4.79 Å². The summed E-state index contributed by atoms with van der Waals surface area (Å²) in [6.45, 7) is 0. The van der Waals surface area contributed by atoms with Crippen molar-refractivity contribution >= 4 is 17.4 Å². The van der Waals surface area contributed by atoms with Crippen LogP contribution in [0.1, 0.15) is 37.4 Å². The van der Waals surface area contributed by atoms with Crippen LogP contribution in [0.25, 0.3) is 0 Å². The lowest BCUT2D eigenvalue weighted by molar-refractivity contribution is -0.128. The molecule has 2 nitrogen and oxygen atoms in total. The van der Waals surface area contributed by atoms with Crippen molar-refractivity contribution < 1.29 is 9.90 Å². The minimum atomic E-state index is -0.749. The summed E-state index contributed by atoms with van der Waals surface area (Å²) < 4.78 is 0. The number of aliphatic hydroxyl groups is 1. The maximum Gasteiger partial charge on any atom is 0.138 e. The second-order valence-corrected chi connectivity index (χ2v) is 4.69. The van der Waals surface area contributed by atoms with Crippen LogP contribution in [0.4, 0.5) is 0 Å². The summed E-state index contributed by atoms with van der Waals surface area (Å²) in [7, 11) is 0. The van der Waals surface area contributed by atoms with Crippen molar-refractivity contribution in [3.05, 3.63) is 34.9 Å². The van der Waals surface area contributed by atoms with Crippen molar-refractivity contribution in [2.24, 2.45) is 5.92 Å². The summed E-state index contributed by atoms with van der Waals surface area (Å²) in [5.74, 6) is -0.104. The first-order valence-electron chi connectivity index (χ1n) is 5.65. The summed E-state index contributed by atoms with van der Waals surface area (Å²) in [6.07, 6.45) is 2.57. The molecule has 3 heteroatoms. The highest BCUT2D eigenvalue weighted by Gasteiger charge is 2.30. The van der Waals surface area contributed by atoms with Gasteiger partial charge in [0.1, 0.15) is 5.78 Å². The largest absolute Gasteiger partial charge is 0.388 e. The molecular formula is C13H15ClO2. The monoisotopic (exact) mass is 238 g/mol. The fraction of sp³-hybridized carbons (Fsp3) is 0.462. The van der Waals surface area contributed by atoms with E-state index in [0.717, 1.165) is 19.3 Å². The SMILES string of the molecule is O=C1CCCC[C@@H]1[C@H](O)c1ccccc1Cl. The van der Waals surface area contributed by atoms with E-state index in [4.69, 9.17) is 11.6 Å². The lowest BCUT2D eigenvalue weighted by Crippen LogP contribution is -2.25. The van der Waals surface area contributed by atoms with Crippen molar-refractivity contribution in [3.8, 4) is 0 Å². The molecular weight excluding hydrogens is 224 g/mol. The van der Waals surface area contributed by atoms with Crippen molar-refractivity contribution in [3.63, 3.8) is 0 Å². The zero-order valence-electron chi connectivity index (χ0n) is 9.03. The standard InChI is InChI=1S/C13H15ClO2/c14-11-7-3-1-5-9(11)13(16)10-6-2-4-8-12(10)15/h1,3,5,7,10,13,16H,2,4,6,8H2/t10-,13+/m0/s1. The predicted molar refractivity (Wildman–Crippen MR) is 63.4 cm³/mol. The van der Waals surface area contributed by atoms with E-state index < -0.39 is 6.10 Å². The van der Waals surface area contributed by atoms with Crippen LogP contribution in [0, 0.1) is 5.92 Å². The zero-order chi connectivity index (χ0) is 11.5. The first-order valence-corrected chi connectivity index (χ1v) is 6.03. The Morgan fingerprint density at radius 3 is 2.75 bits per heavy atom. The number of halogens is 1. The number of benzene rings is 1. The lowest BCUT2D eigenvalue weighted by atomic mass is 9.82. The van der Waals surface area contributed by atoms with Gasteiger partial charge in [0.05, 0.1) is 6.10 Å². The molecule has 2 rings (SSSR count). The van der Waals surface area contributed by atoms with Crippen LogP contribution >= 0.6 is 11.6 Å². The second kappa shape index (κ2) is 4.98. The Balaban J connectivity index is 2.21. The zero-order valence-corrected chi connectivity index (χ0v) is 9.78. The van der Waals surface area contributed by atoms with Crippen LogP contribution in [-0.2, 0) is 4.79 Å². The van der Waals surface area contributed by atoms with Crippen LogP contribution in [0.3, 0.4) is 0 Å². The average Bonchev–Trinajstić information content (AvgIpc) is 2.29. The number of carbonyl (C=O) groups is 1. The fourth-order valence-electron chi connectivity index (χ4n) is 2.28. The molecule has 1 fully saturated rings. The second-order valence-electron chi connectivity index (χ2n) is 4.28. The van der Waals surface area contributed by atoms with Crippen molar-refractivity contribution in [1.82, 2.24) is 0 Å². The van der Waals surface area contributed by atoms with Gasteiger partial charge in [-0.25, -0.2) is 0 Å². The van der Waals surface area contributed by atoms with Gasteiger partial charge in [0, 0.05) is 17.4 Å². The van der Waals surface area contributed by atoms with Crippen molar-refractivity contribution in [1.29, 1.82) is 0 Å². The number of rotatable bonds is 2. The molecule has 1 N–H and O–H groups in total. The Kier molecular flexibility index (Phi) is 3.62. The minimum absolute atomic E-state index is 0.165. The Morgan fingerprint density at radius 1 is 1.31 bits per heavy atom. The van der Waals surface area contributed by atoms with E-state index in [2.05, 4.69) is 0 Å². The molecule has 1 aliphatic rings. The number of hydrogen-bond donors (Lipinski definition) is 1. The maximum absolute atomic E-state index is 11.7. The molecule has 0 unspecified atom stereocenters. The highest BCUT2D eigenvalue weighted by molar-refractivity contribution is 6.31. The number of carbonyl (C=O) groups excluding carboxylic acids is 1. The molecule has 0 spiro atoms. The quantitative estimate of drug-likeness (QED) is 0.860. The summed E-state index contributed by atoms with van der Waals surface area (Å²) in [6, 6.07) is 7.18. The molecule has 0 aliphatic heterocycles. The Hall–Kier alpha value is -0.860. The molecule has 16 heavy (non-hydrogen) atoms. The maximum atomic E-state index is 11.7. The van der Waals surface area contributed by atoms with E-state index in [1.165, 1.54) is 0 Å². The van der Waals surface area contributed by atoms with Gasteiger partial charge >= 0.3 is 0 Å². The van der Waals surface area contributed by atoms with Gasteiger partial charge in [0.2, 0.25) is 0 Å². The van der Waals surface area contributed by atoms with Gasteiger partial charge in [-0.1, -0.05) is 36.2 Å². The van der Waals surface area contributed by atoms with Gasteiger partial charge in [0.25, 0.3) is 0 Å². The topological polar surface area (TPSA) is 37.3 Å². The third kappa shape index (κ3) is 2.28. The first kappa shape index (κ1) is 11.6. The Labute approximate surface area is 100 Å². The van der Waals surface area contributed by atoms with E-state index in [1.54, 1.807) is 12.1 Å². The number of aliphatic hydroxyl groups excluding tert-OH is 1. The highest BCUT2D eigenvalue weighted by Crippen LogP contribution is 2.34. The molecule has 0 saturated heterocycles. The molecule has 0 aromatic heterocycles. The molecule has 1 aromatic carbocycles. The highest BCUT2D eigenvalue weighted by atomic mass is 35.5. The number of hydrogen-bond acceptors (Lipinski definition) is 2. The predicted octanol–water partition coefficient (Wildman–Crippen LogP) is 3.13. The van der Waals surface area contributed by atoms with Gasteiger partial charge in [-0.05, 0) is 24.5 Å². The van der Waals surface area contributed by atoms with Gasteiger partial charge < -0.3 is 5.11 Å². The van der Waals surface area contributed by atoms with E-state index in [9.17, 15) is 9.90 Å². The van der Waals surface area contributed by atoms with Crippen LogP contribution < -0.4 is 0 Å². The molecule has 0 heterocycles. The van der Waals surface area contributed by atoms with E-state index in [1.807, 2.05) is 12.1 Å². The minimum Gasteiger partial charge on any atom is -0.388 e. The van der Waals surface area contributed by atoms with Crippen LogP contribution in [0.2, 0.25) is 5.02 Å². The summed E-state index contributed by atoms with van der Waals surface area (Å²) in [5.41, 5.74) is 0.671. The molecule has 0 radical (unpaired) electrons. The molecule has 2 atom stereocenters. The summed E-state index contributed by atoms with van der Waals surface area (Å²) in [4.78, 5) is 11.7. The van der Waals surface area contributed by atoms with Gasteiger partial charge in [-0.15, -0.1) is 0 Å². The average molecular weight is 239 g/mol. The van der Waals surface area contributed by atoms with E-state index in [0.29, 0.717) is 17.0 Å². The van der Waals surface area contributed by atoms with Crippen LogP contribution in [-0.4, -0.2) is 10.9 Å². The Bertz CT molecular complexity index is 389. The Morgan fingerprint density at radius 2 is 2.06 bits per heavy atom. The van der Waals surface area contributed by atoms with E-state index in [-0.39, 0.29) is 11.7 Å². The third-order valence-electron chi connectivity index (χ3n) is 3.21. The molecule has 1 aromatic rings. The smallest absolute Gasteiger partial charge is 0.138 e. The third-order valence-corrected chi connectivity index (χ3v) is 3.55. The molecule has 1 aliphatic carbocycles. The van der Waals surface area contributed by atoms with Crippen LogP contribution in [0.5, 0.6) is 0 Å². The lowest BCUT2D eigenvalue weighted by Gasteiger charge is -2.26. The normalized spacial score (nSPS) is 23.1. The molecule has 86 valence electrons. The molecule has 0 bridgehead atoms. The molecule has 0 amide bonds. The summed E-state index contributed by atoms with van der Waals surface area (Å²) in [5, 5.41) is 10.7. The van der Waals surface area contributed by atoms with Crippen LogP contribution in [0.15, 0.2) is 24.3 Å². The van der Waals surface area contributed by atoms with Gasteiger partial charge in [0.15, 0.2) is 0 Å². The van der Waals surface area contributed by atoms with Gasteiger partial charge in [-0.2, -0.15) is 0 Å².